The van der Waals surface area contributed by atoms with Crippen molar-refractivity contribution in [3.8, 4) is 0 Å². The van der Waals surface area contributed by atoms with Crippen molar-refractivity contribution in [1.29, 1.82) is 0 Å². The van der Waals surface area contributed by atoms with Crippen LogP contribution in [-0.2, 0) is 4.74 Å². The summed E-state index contributed by atoms with van der Waals surface area (Å²) in [6.07, 6.45) is 3.48. The van der Waals surface area contributed by atoms with Crippen LogP contribution in [0.2, 0.25) is 0 Å². The number of thiol groups is 1. The minimum Gasteiger partial charge on any atom is -0.442 e. The molecule has 10 nitrogen and oxygen atoms in total. The maximum atomic E-state index is 14.9. The number of nitrogens with zero attached hydrogens (tertiary/aromatic N) is 6. The van der Waals surface area contributed by atoms with Gasteiger partial charge in [0.1, 0.15) is 18.2 Å². The van der Waals surface area contributed by atoms with Gasteiger partial charge in [0.25, 0.3) is 5.24 Å². The zero-order chi connectivity index (χ0) is 22.8. The second-order valence-corrected chi connectivity index (χ2v) is 8.02. The van der Waals surface area contributed by atoms with Gasteiger partial charge in [-0.3, -0.25) is 14.3 Å². The van der Waals surface area contributed by atoms with Gasteiger partial charge >= 0.3 is 12.1 Å². The van der Waals surface area contributed by atoms with E-state index >= 15 is 0 Å². The Labute approximate surface area is 189 Å². The predicted octanol–water partition coefficient (Wildman–Crippen LogP) is 2.12. The summed E-state index contributed by atoms with van der Waals surface area (Å²) in [4.78, 5) is 46.0. The van der Waals surface area contributed by atoms with E-state index in [-0.39, 0.29) is 19.1 Å². The zero-order valence-corrected chi connectivity index (χ0v) is 18.3. The van der Waals surface area contributed by atoms with Crippen LogP contribution >= 0.6 is 12.6 Å². The lowest BCUT2D eigenvalue weighted by Gasteiger charge is -2.36. The number of anilines is 2. The first-order chi connectivity index (χ1) is 15.3. The van der Waals surface area contributed by atoms with Crippen molar-refractivity contribution in [2.24, 2.45) is 0 Å². The van der Waals surface area contributed by atoms with Crippen molar-refractivity contribution in [2.75, 3.05) is 56.1 Å². The molecular weight excluding hydrogens is 439 g/mol. The molecule has 3 amide bonds. The van der Waals surface area contributed by atoms with Gasteiger partial charge in [0.15, 0.2) is 0 Å². The molecule has 3 heterocycles. The van der Waals surface area contributed by atoms with Gasteiger partial charge in [-0.25, -0.2) is 19.0 Å². The topological polar surface area (TPSA) is 91.2 Å². The lowest BCUT2D eigenvalue weighted by molar-refractivity contribution is 0.124. The molecule has 0 radical (unpaired) electrons. The Morgan fingerprint density at radius 1 is 1.28 bits per heavy atom. The maximum absolute atomic E-state index is 14.9. The molecule has 12 heteroatoms. The number of cyclic esters (lactones) is 1. The number of hydrogen-bond acceptors (Lipinski definition) is 6. The van der Waals surface area contributed by atoms with Crippen LogP contribution in [0.1, 0.15) is 0 Å². The van der Waals surface area contributed by atoms with E-state index in [1.807, 2.05) is 4.90 Å². The summed E-state index contributed by atoms with van der Waals surface area (Å²) in [5.41, 5.74) is 0.792. The Hall–Kier alpha value is -3.28. The quantitative estimate of drug-likeness (QED) is 0.700. The maximum Gasteiger partial charge on any atom is 0.414 e. The van der Waals surface area contributed by atoms with E-state index in [2.05, 4.69) is 17.6 Å². The number of benzene rings is 1. The number of hydrogen-bond donors (Lipinski definition) is 1. The van der Waals surface area contributed by atoms with E-state index in [0.29, 0.717) is 37.6 Å². The fourth-order valence-electron chi connectivity index (χ4n) is 3.81. The van der Waals surface area contributed by atoms with Crippen molar-refractivity contribution >= 4 is 41.4 Å². The van der Waals surface area contributed by atoms with Crippen molar-refractivity contribution in [2.45, 2.75) is 6.10 Å². The largest absolute Gasteiger partial charge is 0.442 e. The van der Waals surface area contributed by atoms with Gasteiger partial charge in [-0.2, -0.15) is 0 Å². The van der Waals surface area contributed by atoms with E-state index in [1.165, 1.54) is 26.8 Å². The number of imidazole rings is 1. The molecule has 1 aromatic heterocycles. The van der Waals surface area contributed by atoms with Crippen molar-refractivity contribution in [1.82, 2.24) is 19.4 Å². The first kappa shape index (κ1) is 21.9. The van der Waals surface area contributed by atoms with E-state index in [9.17, 15) is 18.8 Å². The van der Waals surface area contributed by atoms with Crippen LogP contribution in [0.3, 0.4) is 0 Å². The van der Waals surface area contributed by atoms with Crippen LogP contribution in [-0.4, -0.2) is 89.1 Å². The summed E-state index contributed by atoms with van der Waals surface area (Å²) in [6.45, 7) is 2.28. The smallest absolute Gasteiger partial charge is 0.414 e. The van der Waals surface area contributed by atoms with Crippen molar-refractivity contribution in [3.63, 3.8) is 0 Å². The summed E-state index contributed by atoms with van der Waals surface area (Å²) in [5, 5.41) is -0.429. The number of carbonyl (C=O) groups is 3. The van der Waals surface area contributed by atoms with E-state index in [1.54, 1.807) is 36.5 Å². The molecule has 4 rings (SSSR count). The molecule has 0 spiro atoms. The molecule has 1 unspecified atom stereocenters. The number of piperazine rings is 1. The van der Waals surface area contributed by atoms with Crippen molar-refractivity contribution < 1.29 is 23.5 Å². The van der Waals surface area contributed by atoms with Crippen molar-refractivity contribution in [3.05, 3.63) is 42.7 Å². The van der Waals surface area contributed by atoms with Gasteiger partial charge in [0, 0.05) is 45.6 Å². The summed E-state index contributed by atoms with van der Waals surface area (Å²) < 4.78 is 21.6. The van der Waals surface area contributed by atoms with E-state index in [4.69, 9.17) is 4.74 Å². The first-order valence-electron chi connectivity index (χ1n) is 10.1. The normalized spacial score (nSPS) is 18.7. The van der Waals surface area contributed by atoms with Crippen LogP contribution in [0.4, 0.5) is 30.1 Å². The number of likely N-dealkylation sites (N-methyl/N-ethyl adjacent to an activating group) is 1. The summed E-state index contributed by atoms with van der Waals surface area (Å²) >= 11 is 3.74. The number of amides is 3. The Morgan fingerprint density at radius 3 is 2.66 bits per heavy atom. The Balaban J connectivity index is 1.38. The highest BCUT2D eigenvalue weighted by molar-refractivity contribution is 7.96. The lowest BCUT2D eigenvalue weighted by Crippen LogP contribution is -2.50. The highest BCUT2D eigenvalue weighted by atomic mass is 32.1. The second-order valence-electron chi connectivity index (χ2n) is 7.64. The first-order valence-corrected chi connectivity index (χ1v) is 10.5. The Morgan fingerprint density at radius 2 is 2.03 bits per heavy atom. The molecule has 1 atom stereocenters. The molecule has 2 aliphatic heterocycles. The SMILES string of the molecule is CN(CC1CN(c2ccc(N3CCN(C(=O)n4ccnc4)CC3)c(F)c2)C(=O)O1)C(=O)S. The highest BCUT2D eigenvalue weighted by Gasteiger charge is 2.34. The number of aromatic nitrogens is 2. The van der Waals surface area contributed by atoms with Gasteiger partial charge in [-0.1, -0.05) is 12.6 Å². The molecule has 0 N–H and O–H groups in total. The molecule has 32 heavy (non-hydrogen) atoms. The molecule has 2 aromatic rings. The number of halogens is 1. The number of carbonyl (C=O) groups excluding carboxylic acids is 3. The second kappa shape index (κ2) is 9.07. The molecule has 2 aliphatic rings. The molecule has 2 saturated heterocycles. The predicted molar refractivity (Wildman–Crippen MR) is 118 cm³/mol. The molecule has 0 saturated carbocycles. The monoisotopic (exact) mass is 462 g/mol. The summed E-state index contributed by atoms with van der Waals surface area (Å²) in [5.74, 6) is -0.462. The van der Waals surface area contributed by atoms with Crippen LogP contribution in [0.25, 0.3) is 0 Å². The van der Waals surface area contributed by atoms with E-state index in [0.717, 1.165) is 0 Å². The molecule has 0 bridgehead atoms. The average molecular weight is 463 g/mol. The van der Waals surface area contributed by atoms with E-state index < -0.39 is 23.3 Å². The minimum atomic E-state index is -0.589. The van der Waals surface area contributed by atoms with Crippen LogP contribution in [0, 0.1) is 5.82 Å². The fourth-order valence-corrected chi connectivity index (χ4v) is 3.89. The van der Waals surface area contributed by atoms with Crippen LogP contribution < -0.4 is 9.80 Å². The molecule has 0 aliphatic carbocycles. The van der Waals surface area contributed by atoms with Gasteiger partial charge in [-0.15, -0.1) is 0 Å². The van der Waals surface area contributed by atoms with Crippen LogP contribution in [0.5, 0.6) is 0 Å². The fraction of sp³-hybridized carbons (Fsp3) is 0.400. The van der Waals surface area contributed by atoms with Gasteiger partial charge in [0.2, 0.25) is 0 Å². The average Bonchev–Trinajstić information content (AvgIpc) is 3.43. The minimum absolute atomic E-state index is 0.162. The Kier molecular flexibility index (Phi) is 6.21. The number of rotatable bonds is 4. The third kappa shape index (κ3) is 4.49. The van der Waals surface area contributed by atoms with Gasteiger partial charge in [-0.05, 0) is 18.2 Å². The standard InChI is InChI=1S/C20H23FN6O4S/c1-23(20(30)32)11-15-12-27(19(29)31-15)14-2-3-17(16(21)10-14)24-6-8-25(9-7-24)18(28)26-5-4-22-13-26/h2-5,10,13,15H,6-9,11-12H2,1H3,(H,30,32). The lowest BCUT2D eigenvalue weighted by atomic mass is 10.2. The molecule has 2 fully saturated rings. The molecular formula is C20H23FN6O4S. The summed E-state index contributed by atoms with van der Waals surface area (Å²) in [6, 6.07) is 4.43. The highest BCUT2D eigenvalue weighted by Crippen LogP contribution is 2.29. The number of ether oxygens (including phenoxy) is 1. The third-order valence-corrected chi connectivity index (χ3v) is 5.88. The molecule has 170 valence electrons. The van der Waals surface area contributed by atoms with Gasteiger partial charge in [0.05, 0.1) is 24.5 Å². The zero-order valence-electron chi connectivity index (χ0n) is 17.4. The van der Waals surface area contributed by atoms with Gasteiger partial charge < -0.3 is 19.4 Å². The summed E-state index contributed by atoms with van der Waals surface area (Å²) in [7, 11) is 1.56. The Bertz CT molecular complexity index is 1010. The molecule has 1 aromatic carbocycles. The van der Waals surface area contributed by atoms with Crippen LogP contribution in [0.15, 0.2) is 36.9 Å². The third-order valence-electron chi connectivity index (χ3n) is 5.54.